The number of halogens is 2. The fourth-order valence-corrected chi connectivity index (χ4v) is 2.40. The van der Waals surface area contributed by atoms with Crippen LogP contribution in [0.4, 0.5) is 14.5 Å². The number of rotatable bonds is 6. The van der Waals surface area contributed by atoms with Gasteiger partial charge in [-0.1, -0.05) is 19.1 Å². The van der Waals surface area contributed by atoms with Crippen LogP contribution in [0.15, 0.2) is 36.4 Å². The molecule has 114 valence electrons. The molecule has 1 aliphatic rings. The maximum atomic E-state index is 12.5. The Morgan fingerprint density at radius 3 is 2.38 bits per heavy atom. The average molecular weight is 294 g/mol. The molecular formula is C16H20F2N2O. The van der Waals surface area contributed by atoms with Gasteiger partial charge in [0.15, 0.2) is 0 Å². The molecule has 2 rings (SSSR count). The zero-order chi connectivity index (χ0) is 15.2. The van der Waals surface area contributed by atoms with E-state index in [4.69, 9.17) is 0 Å². The third-order valence-corrected chi connectivity index (χ3v) is 3.44. The highest BCUT2D eigenvalue weighted by Gasteiger charge is 2.19. The smallest absolute Gasteiger partial charge is 0.255 e. The van der Waals surface area contributed by atoms with Crippen LogP contribution in [0, 0.1) is 0 Å². The van der Waals surface area contributed by atoms with Gasteiger partial charge in [0.1, 0.15) is 0 Å². The van der Waals surface area contributed by atoms with Crippen LogP contribution in [-0.4, -0.2) is 43.4 Å². The van der Waals surface area contributed by atoms with E-state index in [1.165, 1.54) is 4.90 Å². The Kier molecular flexibility index (Phi) is 5.31. The van der Waals surface area contributed by atoms with Gasteiger partial charge >= 0.3 is 0 Å². The summed E-state index contributed by atoms with van der Waals surface area (Å²) < 4.78 is 25.1. The fraction of sp³-hybridized carbons (Fsp3) is 0.438. The van der Waals surface area contributed by atoms with Crippen LogP contribution in [0.25, 0.3) is 0 Å². The molecule has 0 spiro atoms. The van der Waals surface area contributed by atoms with Crippen molar-refractivity contribution in [2.24, 2.45) is 0 Å². The molecule has 0 unspecified atom stereocenters. The van der Waals surface area contributed by atoms with Gasteiger partial charge in [0.25, 0.3) is 12.3 Å². The minimum absolute atomic E-state index is 0.330. The van der Waals surface area contributed by atoms with Crippen LogP contribution >= 0.6 is 0 Å². The highest BCUT2D eigenvalue weighted by atomic mass is 19.3. The Balaban J connectivity index is 2.06. The molecule has 5 heteroatoms. The molecule has 1 aromatic rings. The van der Waals surface area contributed by atoms with Gasteiger partial charge in [0, 0.05) is 30.9 Å². The lowest BCUT2D eigenvalue weighted by Crippen LogP contribution is -2.35. The van der Waals surface area contributed by atoms with E-state index in [1.54, 1.807) is 12.1 Å². The maximum Gasteiger partial charge on any atom is 0.255 e. The standard InChI is InChI=1S/C16H20F2N2O/c1-2-9-20(12-15(17)18)16(21)13-5-7-14(8-6-13)19-10-3-4-11-19/h3-8,15H,2,9-12H2,1H3. The molecule has 0 atom stereocenters. The minimum atomic E-state index is -2.50. The van der Waals surface area contributed by atoms with Crippen LogP contribution in [-0.2, 0) is 0 Å². The molecule has 0 radical (unpaired) electrons. The van der Waals surface area contributed by atoms with Gasteiger partial charge in [-0.05, 0) is 30.7 Å². The van der Waals surface area contributed by atoms with Crippen molar-refractivity contribution < 1.29 is 13.6 Å². The Morgan fingerprint density at radius 2 is 1.86 bits per heavy atom. The topological polar surface area (TPSA) is 23.6 Å². The minimum Gasteiger partial charge on any atom is -0.364 e. The highest BCUT2D eigenvalue weighted by molar-refractivity contribution is 5.94. The summed E-state index contributed by atoms with van der Waals surface area (Å²) in [6.07, 6.45) is 2.33. The van der Waals surface area contributed by atoms with Crippen molar-refractivity contribution in [3.8, 4) is 0 Å². The van der Waals surface area contributed by atoms with Gasteiger partial charge < -0.3 is 9.80 Å². The number of amides is 1. The second kappa shape index (κ2) is 7.20. The quantitative estimate of drug-likeness (QED) is 0.752. The lowest BCUT2D eigenvalue weighted by atomic mass is 10.1. The summed E-state index contributed by atoms with van der Waals surface area (Å²) in [5, 5.41) is 0. The number of alkyl halides is 2. The van der Waals surface area contributed by atoms with Crippen molar-refractivity contribution in [2.45, 2.75) is 19.8 Å². The number of nitrogens with zero attached hydrogens (tertiary/aromatic N) is 2. The van der Waals surface area contributed by atoms with Crippen LogP contribution in [0.3, 0.4) is 0 Å². The zero-order valence-electron chi connectivity index (χ0n) is 12.1. The molecule has 1 heterocycles. The predicted octanol–water partition coefficient (Wildman–Crippen LogP) is 3.18. The Labute approximate surface area is 123 Å². The molecule has 0 aliphatic carbocycles. The van der Waals surface area contributed by atoms with E-state index in [1.807, 2.05) is 19.1 Å². The van der Waals surface area contributed by atoms with Gasteiger partial charge in [-0.2, -0.15) is 0 Å². The van der Waals surface area contributed by atoms with E-state index >= 15 is 0 Å². The van der Waals surface area contributed by atoms with Gasteiger partial charge in [-0.15, -0.1) is 0 Å². The van der Waals surface area contributed by atoms with Crippen molar-refractivity contribution in [1.82, 2.24) is 4.90 Å². The zero-order valence-corrected chi connectivity index (χ0v) is 12.1. The number of hydrogen-bond acceptors (Lipinski definition) is 2. The number of carbonyl (C=O) groups is 1. The number of anilines is 1. The summed E-state index contributed by atoms with van der Waals surface area (Å²) >= 11 is 0. The first-order chi connectivity index (χ1) is 10.1. The molecule has 0 bridgehead atoms. The van der Waals surface area contributed by atoms with Crippen molar-refractivity contribution >= 4 is 11.6 Å². The van der Waals surface area contributed by atoms with Crippen molar-refractivity contribution in [3.63, 3.8) is 0 Å². The molecule has 1 aliphatic heterocycles. The average Bonchev–Trinajstić information content (AvgIpc) is 3.00. The first kappa shape index (κ1) is 15.5. The summed E-state index contributed by atoms with van der Waals surface area (Å²) in [5.41, 5.74) is 1.49. The fourth-order valence-electron chi connectivity index (χ4n) is 2.40. The van der Waals surface area contributed by atoms with E-state index in [2.05, 4.69) is 17.1 Å². The monoisotopic (exact) mass is 294 g/mol. The molecule has 0 saturated heterocycles. The molecule has 21 heavy (non-hydrogen) atoms. The highest BCUT2D eigenvalue weighted by Crippen LogP contribution is 2.18. The van der Waals surface area contributed by atoms with Crippen LogP contribution < -0.4 is 4.90 Å². The van der Waals surface area contributed by atoms with E-state index in [0.717, 1.165) is 18.8 Å². The summed E-state index contributed by atoms with van der Waals surface area (Å²) in [7, 11) is 0. The van der Waals surface area contributed by atoms with E-state index in [0.29, 0.717) is 18.5 Å². The first-order valence-corrected chi connectivity index (χ1v) is 7.19. The lowest BCUT2D eigenvalue weighted by Gasteiger charge is -2.22. The Bertz CT molecular complexity index is 492. The van der Waals surface area contributed by atoms with Gasteiger partial charge in [-0.25, -0.2) is 8.78 Å². The maximum absolute atomic E-state index is 12.5. The second-order valence-corrected chi connectivity index (χ2v) is 5.07. The summed E-state index contributed by atoms with van der Waals surface area (Å²) in [6, 6.07) is 7.16. The van der Waals surface area contributed by atoms with E-state index in [9.17, 15) is 13.6 Å². The first-order valence-electron chi connectivity index (χ1n) is 7.19. The molecule has 0 saturated carbocycles. The number of benzene rings is 1. The SMILES string of the molecule is CCCN(CC(F)F)C(=O)c1ccc(N2CC=CC2)cc1. The van der Waals surface area contributed by atoms with Crippen molar-refractivity contribution in [1.29, 1.82) is 0 Å². The number of carbonyl (C=O) groups excluding carboxylic acids is 1. The lowest BCUT2D eigenvalue weighted by molar-refractivity contribution is 0.0555. The second-order valence-electron chi connectivity index (χ2n) is 5.07. The predicted molar refractivity (Wildman–Crippen MR) is 80.0 cm³/mol. The molecule has 3 nitrogen and oxygen atoms in total. The molecule has 1 aromatic carbocycles. The Morgan fingerprint density at radius 1 is 1.24 bits per heavy atom. The molecule has 0 N–H and O–H groups in total. The van der Waals surface area contributed by atoms with E-state index < -0.39 is 13.0 Å². The number of hydrogen-bond donors (Lipinski definition) is 0. The summed E-state index contributed by atoms with van der Waals surface area (Å²) in [5.74, 6) is -0.330. The molecular weight excluding hydrogens is 274 g/mol. The molecule has 0 fully saturated rings. The largest absolute Gasteiger partial charge is 0.364 e. The van der Waals surface area contributed by atoms with Crippen LogP contribution in [0.1, 0.15) is 23.7 Å². The van der Waals surface area contributed by atoms with Crippen molar-refractivity contribution in [2.75, 3.05) is 31.1 Å². The Hall–Kier alpha value is -1.91. The van der Waals surface area contributed by atoms with Crippen LogP contribution in [0.2, 0.25) is 0 Å². The summed E-state index contributed by atoms with van der Waals surface area (Å²) in [4.78, 5) is 15.7. The normalized spacial score (nSPS) is 14.0. The third-order valence-electron chi connectivity index (χ3n) is 3.44. The molecule has 0 aromatic heterocycles. The molecule has 1 amide bonds. The third kappa shape index (κ3) is 4.03. The van der Waals surface area contributed by atoms with Crippen molar-refractivity contribution in [3.05, 3.63) is 42.0 Å². The summed E-state index contributed by atoms with van der Waals surface area (Å²) in [6.45, 7) is 3.43. The van der Waals surface area contributed by atoms with E-state index in [-0.39, 0.29) is 5.91 Å². The van der Waals surface area contributed by atoms with Gasteiger partial charge in [0.2, 0.25) is 0 Å². The van der Waals surface area contributed by atoms with Gasteiger partial charge in [0.05, 0.1) is 6.54 Å². The van der Waals surface area contributed by atoms with Crippen LogP contribution in [0.5, 0.6) is 0 Å². The van der Waals surface area contributed by atoms with Gasteiger partial charge in [-0.3, -0.25) is 4.79 Å².